The first-order valence-corrected chi connectivity index (χ1v) is 9.48. The number of piperidine rings is 1. The van der Waals surface area contributed by atoms with Gasteiger partial charge in [-0.2, -0.15) is 4.31 Å². The van der Waals surface area contributed by atoms with Gasteiger partial charge >= 0.3 is 0 Å². The molecule has 1 aromatic carbocycles. The number of carbonyl (C=O) groups is 1. The number of alkyl halides is 1. The molecule has 0 spiro atoms. The zero-order chi connectivity index (χ0) is 15.5. The Hall–Kier alpha value is -0.920. The van der Waals surface area contributed by atoms with Gasteiger partial charge in [0, 0.05) is 18.8 Å². The third-order valence-corrected chi connectivity index (χ3v) is 5.96. The Morgan fingerprint density at radius 1 is 1.29 bits per heavy atom. The predicted octanol–water partition coefficient (Wildman–Crippen LogP) is 2.50. The van der Waals surface area contributed by atoms with Gasteiger partial charge in [-0.1, -0.05) is 28.4 Å². The van der Waals surface area contributed by atoms with Crippen molar-refractivity contribution in [1.29, 1.82) is 0 Å². The maximum atomic E-state index is 12.6. The summed E-state index contributed by atoms with van der Waals surface area (Å²) in [6, 6.07) is 4.86. The first kappa shape index (κ1) is 16.5. The molecule has 1 saturated heterocycles. The molecule has 7 heteroatoms. The van der Waals surface area contributed by atoms with Gasteiger partial charge in [-0.05, 0) is 37.5 Å². The van der Waals surface area contributed by atoms with Gasteiger partial charge in [0.1, 0.15) is 0 Å². The van der Waals surface area contributed by atoms with Crippen LogP contribution in [0.4, 0.5) is 5.69 Å². The minimum absolute atomic E-state index is 0.176. The molecular weight excluding hydrogens is 356 g/mol. The fourth-order valence-electron chi connectivity index (χ4n) is 2.33. The van der Waals surface area contributed by atoms with E-state index in [1.165, 1.54) is 4.31 Å². The molecule has 21 heavy (non-hydrogen) atoms. The van der Waals surface area contributed by atoms with E-state index in [0.717, 1.165) is 24.8 Å². The number of aryl methyl sites for hydroxylation is 1. The highest BCUT2D eigenvalue weighted by atomic mass is 79.9. The van der Waals surface area contributed by atoms with Gasteiger partial charge in [0.05, 0.1) is 10.2 Å². The quantitative estimate of drug-likeness (QED) is 0.823. The molecule has 0 atom stereocenters. The molecule has 1 amide bonds. The van der Waals surface area contributed by atoms with Crippen LogP contribution in [0.1, 0.15) is 24.8 Å². The van der Waals surface area contributed by atoms with E-state index in [4.69, 9.17) is 0 Å². The van der Waals surface area contributed by atoms with Crippen LogP contribution in [0.15, 0.2) is 23.1 Å². The molecule has 116 valence electrons. The molecule has 1 aromatic rings. The lowest BCUT2D eigenvalue weighted by molar-refractivity contribution is -0.113. The van der Waals surface area contributed by atoms with Crippen LogP contribution in [0.3, 0.4) is 0 Å². The molecule has 1 N–H and O–H groups in total. The van der Waals surface area contributed by atoms with Crippen LogP contribution >= 0.6 is 15.9 Å². The number of carbonyl (C=O) groups excluding carboxylic acids is 1. The number of amides is 1. The predicted molar refractivity (Wildman–Crippen MR) is 86.2 cm³/mol. The standard InChI is InChI=1S/C14H19BrN2O3S/c1-11-5-6-12(9-13(11)16-14(18)10-15)21(19,20)17-7-3-2-4-8-17/h5-6,9H,2-4,7-8,10H2,1H3,(H,16,18). The van der Waals surface area contributed by atoms with E-state index in [-0.39, 0.29) is 16.1 Å². The van der Waals surface area contributed by atoms with Crippen molar-refractivity contribution >= 4 is 37.5 Å². The second kappa shape index (κ2) is 6.89. The van der Waals surface area contributed by atoms with E-state index in [2.05, 4.69) is 21.2 Å². The van der Waals surface area contributed by atoms with Crippen molar-refractivity contribution in [2.75, 3.05) is 23.7 Å². The Balaban J connectivity index is 2.30. The van der Waals surface area contributed by atoms with E-state index in [1.807, 2.05) is 6.92 Å². The lowest BCUT2D eigenvalue weighted by Gasteiger charge is -2.26. The fraction of sp³-hybridized carbons (Fsp3) is 0.500. The third kappa shape index (κ3) is 3.84. The summed E-state index contributed by atoms with van der Waals surface area (Å²) in [6.07, 6.45) is 2.88. The summed E-state index contributed by atoms with van der Waals surface area (Å²) in [5.74, 6) is -0.203. The van der Waals surface area contributed by atoms with Crippen LogP contribution in [-0.2, 0) is 14.8 Å². The molecule has 1 aliphatic heterocycles. The van der Waals surface area contributed by atoms with Crippen molar-refractivity contribution < 1.29 is 13.2 Å². The lowest BCUT2D eigenvalue weighted by atomic mass is 10.2. The van der Waals surface area contributed by atoms with Crippen molar-refractivity contribution in [3.63, 3.8) is 0 Å². The Morgan fingerprint density at radius 2 is 1.95 bits per heavy atom. The van der Waals surface area contributed by atoms with Gasteiger partial charge in [-0.25, -0.2) is 8.42 Å². The summed E-state index contributed by atoms with van der Waals surface area (Å²) in [5.41, 5.74) is 1.37. The van der Waals surface area contributed by atoms with Gasteiger partial charge < -0.3 is 5.32 Å². The van der Waals surface area contributed by atoms with Crippen molar-refractivity contribution in [3.05, 3.63) is 23.8 Å². The summed E-state index contributed by atoms with van der Waals surface area (Å²) in [4.78, 5) is 11.7. The zero-order valence-electron chi connectivity index (χ0n) is 11.9. The van der Waals surface area contributed by atoms with Crippen molar-refractivity contribution in [2.24, 2.45) is 0 Å². The molecule has 5 nitrogen and oxygen atoms in total. The summed E-state index contributed by atoms with van der Waals surface area (Å²) in [5, 5.41) is 2.88. The highest BCUT2D eigenvalue weighted by molar-refractivity contribution is 9.09. The first-order chi connectivity index (χ1) is 9.95. The molecule has 1 aliphatic rings. The molecule has 1 fully saturated rings. The zero-order valence-corrected chi connectivity index (χ0v) is 14.3. The lowest BCUT2D eigenvalue weighted by Crippen LogP contribution is -2.35. The van der Waals surface area contributed by atoms with Gasteiger partial charge in [0.25, 0.3) is 0 Å². The Bertz CT molecular complexity index is 625. The smallest absolute Gasteiger partial charge is 0.243 e. The van der Waals surface area contributed by atoms with E-state index in [0.29, 0.717) is 18.8 Å². The van der Waals surface area contributed by atoms with E-state index < -0.39 is 10.0 Å². The van der Waals surface area contributed by atoms with Crippen LogP contribution < -0.4 is 5.32 Å². The average Bonchev–Trinajstić information content (AvgIpc) is 2.50. The largest absolute Gasteiger partial charge is 0.325 e. The number of nitrogens with zero attached hydrogens (tertiary/aromatic N) is 1. The molecule has 2 rings (SSSR count). The number of rotatable bonds is 4. The van der Waals surface area contributed by atoms with Gasteiger partial charge in [-0.15, -0.1) is 0 Å². The molecule has 0 radical (unpaired) electrons. The minimum atomic E-state index is -3.47. The Morgan fingerprint density at radius 3 is 2.57 bits per heavy atom. The molecule has 0 saturated carbocycles. The highest BCUT2D eigenvalue weighted by Gasteiger charge is 2.26. The molecular formula is C14H19BrN2O3S. The maximum Gasteiger partial charge on any atom is 0.243 e. The summed E-state index contributed by atoms with van der Waals surface area (Å²) >= 11 is 3.08. The third-order valence-electron chi connectivity index (χ3n) is 3.56. The number of anilines is 1. The topological polar surface area (TPSA) is 66.5 Å². The van der Waals surface area contributed by atoms with Gasteiger partial charge in [-0.3, -0.25) is 4.79 Å². The summed E-state index contributed by atoms with van der Waals surface area (Å²) < 4.78 is 26.7. The van der Waals surface area contributed by atoms with Crippen molar-refractivity contribution in [2.45, 2.75) is 31.1 Å². The van der Waals surface area contributed by atoms with Gasteiger partial charge in [0.2, 0.25) is 15.9 Å². The van der Waals surface area contributed by atoms with E-state index in [9.17, 15) is 13.2 Å². The molecule has 1 heterocycles. The Kier molecular flexibility index (Phi) is 5.40. The summed E-state index contributed by atoms with van der Waals surface area (Å²) in [7, 11) is -3.47. The normalized spacial score (nSPS) is 16.7. The summed E-state index contributed by atoms with van der Waals surface area (Å²) in [6.45, 7) is 2.97. The first-order valence-electron chi connectivity index (χ1n) is 6.92. The second-order valence-corrected chi connectivity index (χ2v) is 7.62. The van der Waals surface area contributed by atoms with E-state index >= 15 is 0 Å². The number of benzene rings is 1. The molecule has 0 bridgehead atoms. The van der Waals surface area contributed by atoms with Crippen LogP contribution in [-0.4, -0.2) is 37.0 Å². The Labute approximate surface area is 133 Å². The van der Waals surface area contributed by atoms with Crippen LogP contribution in [0.5, 0.6) is 0 Å². The molecule has 0 unspecified atom stereocenters. The average molecular weight is 375 g/mol. The van der Waals surface area contributed by atoms with Crippen LogP contribution in [0.25, 0.3) is 0 Å². The van der Waals surface area contributed by atoms with Crippen LogP contribution in [0, 0.1) is 6.92 Å². The highest BCUT2D eigenvalue weighted by Crippen LogP contribution is 2.25. The van der Waals surface area contributed by atoms with Crippen LogP contribution in [0.2, 0.25) is 0 Å². The SMILES string of the molecule is Cc1ccc(S(=O)(=O)N2CCCCC2)cc1NC(=O)CBr. The van der Waals surface area contributed by atoms with Crippen molar-refractivity contribution in [3.8, 4) is 0 Å². The fourth-order valence-corrected chi connectivity index (χ4v) is 4.02. The van der Waals surface area contributed by atoms with Gasteiger partial charge in [0.15, 0.2) is 0 Å². The number of halogens is 1. The number of hydrogen-bond donors (Lipinski definition) is 1. The monoisotopic (exact) mass is 374 g/mol. The molecule has 0 aliphatic carbocycles. The van der Waals surface area contributed by atoms with Crippen molar-refractivity contribution in [1.82, 2.24) is 4.31 Å². The maximum absolute atomic E-state index is 12.6. The number of hydrogen-bond acceptors (Lipinski definition) is 3. The minimum Gasteiger partial charge on any atom is -0.325 e. The van der Waals surface area contributed by atoms with E-state index in [1.54, 1.807) is 18.2 Å². The number of sulfonamides is 1. The second-order valence-electron chi connectivity index (χ2n) is 5.12. The number of nitrogens with one attached hydrogen (secondary N) is 1. The molecule has 0 aromatic heterocycles.